The molecule has 19 heavy (non-hydrogen) atoms. The number of benzene rings is 2. The first kappa shape index (κ1) is 11.9. The highest BCUT2D eigenvalue weighted by Gasteiger charge is 2.21. The van der Waals surface area contributed by atoms with Crippen LogP contribution in [0.1, 0.15) is 16.7 Å². The first-order chi connectivity index (χ1) is 9.25. The lowest BCUT2D eigenvalue weighted by molar-refractivity contribution is -0.118. The molecule has 2 N–H and O–H groups in total. The van der Waals surface area contributed by atoms with Crippen molar-refractivity contribution in [2.45, 2.75) is 12.5 Å². The van der Waals surface area contributed by atoms with Crippen LogP contribution in [0.15, 0.2) is 60.7 Å². The molecule has 0 aliphatic heterocycles. The summed E-state index contributed by atoms with van der Waals surface area (Å²) in [5.41, 5.74) is 10.3. The van der Waals surface area contributed by atoms with E-state index in [0.29, 0.717) is 6.42 Å². The maximum atomic E-state index is 12.0. The normalized spacial score (nSPS) is 18.5. The van der Waals surface area contributed by atoms with Gasteiger partial charge in [0.15, 0.2) is 5.78 Å². The summed E-state index contributed by atoms with van der Waals surface area (Å²) in [6, 6.07) is 17.6. The Kier molecular flexibility index (Phi) is 3.02. The van der Waals surface area contributed by atoms with E-state index >= 15 is 0 Å². The molecule has 94 valence electrons. The molecule has 0 saturated heterocycles. The molecule has 0 aromatic heterocycles. The molecular formula is C17H15NO. The fourth-order valence-corrected chi connectivity index (χ4v) is 2.47. The average molecular weight is 249 g/mol. The van der Waals surface area contributed by atoms with Gasteiger partial charge < -0.3 is 5.73 Å². The molecule has 0 radical (unpaired) electrons. The van der Waals surface area contributed by atoms with Crippen molar-refractivity contribution in [3.05, 3.63) is 77.4 Å². The van der Waals surface area contributed by atoms with Gasteiger partial charge in [0.2, 0.25) is 0 Å². The number of carbonyl (C=O) groups is 1. The van der Waals surface area contributed by atoms with Gasteiger partial charge in [0, 0.05) is 6.42 Å². The standard InChI is InChI=1S/C17H15NO/c18-16-11-15(12-6-2-1-3-7-12)14-9-5-4-8-13(14)10-17(16)19/h1-9,11,16H,10,18H2. The monoisotopic (exact) mass is 249 g/mol. The SMILES string of the molecule is NC1C=C(c2ccccc2)c2ccccc2CC1=O. The number of fused-ring (bicyclic) bond motifs is 1. The number of hydrogen-bond donors (Lipinski definition) is 1. The van der Waals surface area contributed by atoms with E-state index in [-0.39, 0.29) is 5.78 Å². The van der Waals surface area contributed by atoms with Gasteiger partial charge in [0.1, 0.15) is 0 Å². The van der Waals surface area contributed by atoms with E-state index in [0.717, 1.165) is 22.3 Å². The van der Waals surface area contributed by atoms with Gasteiger partial charge in [0.05, 0.1) is 6.04 Å². The van der Waals surface area contributed by atoms with Crippen LogP contribution in [0, 0.1) is 0 Å². The van der Waals surface area contributed by atoms with Crippen LogP contribution in [0.5, 0.6) is 0 Å². The molecule has 0 bridgehead atoms. The maximum absolute atomic E-state index is 12.0. The van der Waals surface area contributed by atoms with Crippen LogP contribution in [0.25, 0.3) is 5.57 Å². The molecule has 0 amide bonds. The van der Waals surface area contributed by atoms with Crippen molar-refractivity contribution in [1.29, 1.82) is 0 Å². The van der Waals surface area contributed by atoms with Crippen molar-refractivity contribution in [2.24, 2.45) is 5.73 Å². The van der Waals surface area contributed by atoms with E-state index in [9.17, 15) is 4.79 Å². The third-order valence-electron chi connectivity index (χ3n) is 3.48. The first-order valence-electron chi connectivity index (χ1n) is 6.39. The van der Waals surface area contributed by atoms with Crippen LogP contribution in [-0.4, -0.2) is 11.8 Å². The zero-order valence-corrected chi connectivity index (χ0v) is 10.5. The minimum absolute atomic E-state index is 0.0679. The molecule has 1 atom stereocenters. The minimum Gasteiger partial charge on any atom is -0.318 e. The van der Waals surface area contributed by atoms with Crippen molar-refractivity contribution in [1.82, 2.24) is 0 Å². The topological polar surface area (TPSA) is 43.1 Å². The van der Waals surface area contributed by atoms with Crippen molar-refractivity contribution in [2.75, 3.05) is 0 Å². The largest absolute Gasteiger partial charge is 0.318 e. The van der Waals surface area contributed by atoms with Crippen molar-refractivity contribution in [3.8, 4) is 0 Å². The molecule has 2 nitrogen and oxygen atoms in total. The molecule has 0 heterocycles. The molecule has 0 spiro atoms. The second-order valence-corrected chi connectivity index (χ2v) is 4.77. The van der Waals surface area contributed by atoms with E-state index < -0.39 is 6.04 Å². The summed E-state index contributed by atoms with van der Waals surface area (Å²) >= 11 is 0. The lowest BCUT2D eigenvalue weighted by Crippen LogP contribution is -2.28. The Morgan fingerprint density at radius 3 is 2.42 bits per heavy atom. The highest BCUT2D eigenvalue weighted by atomic mass is 16.1. The Bertz CT molecular complexity index is 643. The number of hydrogen-bond acceptors (Lipinski definition) is 2. The van der Waals surface area contributed by atoms with Gasteiger partial charge in [-0.1, -0.05) is 60.7 Å². The summed E-state index contributed by atoms with van der Waals surface area (Å²) in [4.78, 5) is 12.0. The van der Waals surface area contributed by atoms with Crippen LogP contribution in [-0.2, 0) is 11.2 Å². The molecule has 2 aromatic carbocycles. The molecule has 1 aliphatic rings. The number of ketones is 1. The summed E-state index contributed by atoms with van der Waals surface area (Å²) < 4.78 is 0. The average Bonchev–Trinajstić information content (AvgIpc) is 2.58. The Morgan fingerprint density at radius 2 is 1.63 bits per heavy atom. The van der Waals surface area contributed by atoms with E-state index in [1.807, 2.05) is 54.6 Å². The highest BCUT2D eigenvalue weighted by Crippen LogP contribution is 2.29. The highest BCUT2D eigenvalue weighted by molar-refractivity contribution is 5.95. The molecule has 2 aromatic rings. The zero-order chi connectivity index (χ0) is 13.2. The van der Waals surface area contributed by atoms with Gasteiger partial charge in [-0.25, -0.2) is 0 Å². The number of rotatable bonds is 1. The fourth-order valence-electron chi connectivity index (χ4n) is 2.47. The summed E-state index contributed by atoms with van der Waals surface area (Å²) in [7, 11) is 0. The molecule has 0 fully saturated rings. The molecule has 0 saturated carbocycles. The summed E-state index contributed by atoms with van der Waals surface area (Å²) in [6.07, 6.45) is 2.29. The zero-order valence-electron chi connectivity index (χ0n) is 10.5. The second kappa shape index (κ2) is 4.82. The predicted octanol–water partition coefficient (Wildman–Crippen LogP) is 2.57. The number of carbonyl (C=O) groups excluding carboxylic acids is 1. The van der Waals surface area contributed by atoms with E-state index in [4.69, 9.17) is 5.73 Å². The minimum atomic E-state index is -0.525. The fraction of sp³-hybridized carbons (Fsp3) is 0.118. The quantitative estimate of drug-likeness (QED) is 0.844. The Labute approximate surface area is 112 Å². The Balaban J connectivity index is 2.21. The molecular weight excluding hydrogens is 234 g/mol. The number of Topliss-reactive ketones (excluding diaryl/α,β-unsaturated/α-hetero) is 1. The Hall–Kier alpha value is -2.19. The summed E-state index contributed by atoms with van der Waals surface area (Å²) in [6.45, 7) is 0. The van der Waals surface area contributed by atoms with Crippen LogP contribution >= 0.6 is 0 Å². The van der Waals surface area contributed by atoms with E-state index in [2.05, 4.69) is 6.07 Å². The second-order valence-electron chi connectivity index (χ2n) is 4.77. The van der Waals surface area contributed by atoms with Gasteiger partial charge >= 0.3 is 0 Å². The molecule has 1 aliphatic carbocycles. The van der Waals surface area contributed by atoms with Gasteiger partial charge in [-0.3, -0.25) is 4.79 Å². The van der Waals surface area contributed by atoms with Gasteiger partial charge in [-0.2, -0.15) is 0 Å². The molecule has 1 unspecified atom stereocenters. The lowest BCUT2D eigenvalue weighted by atomic mass is 9.94. The smallest absolute Gasteiger partial charge is 0.157 e. The van der Waals surface area contributed by atoms with Crippen LogP contribution < -0.4 is 5.73 Å². The third kappa shape index (κ3) is 2.23. The predicted molar refractivity (Wildman–Crippen MR) is 76.6 cm³/mol. The summed E-state index contributed by atoms with van der Waals surface area (Å²) in [5.74, 6) is 0.0679. The van der Waals surface area contributed by atoms with Crippen molar-refractivity contribution in [3.63, 3.8) is 0 Å². The van der Waals surface area contributed by atoms with Crippen molar-refractivity contribution >= 4 is 11.4 Å². The molecule has 2 heteroatoms. The number of nitrogens with two attached hydrogens (primary N) is 1. The maximum Gasteiger partial charge on any atom is 0.157 e. The summed E-state index contributed by atoms with van der Waals surface area (Å²) in [5, 5.41) is 0. The lowest BCUT2D eigenvalue weighted by Gasteiger charge is -2.10. The van der Waals surface area contributed by atoms with Gasteiger partial charge in [0.25, 0.3) is 0 Å². The Morgan fingerprint density at radius 1 is 0.947 bits per heavy atom. The van der Waals surface area contributed by atoms with E-state index in [1.165, 1.54) is 0 Å². The van der Waals surface area contributed by atoms with Gasteiger partial charge in [-0.15, -0.1) is 0 Å². The van der Waals surface area contributed by atoms with Gasteiger partial charge in [-0.05, 0) is 22.3 Å². The van der Waals surface area contributed by atoms with E-state index in [1.54, 1.807) is 0 Å². The first-order valence-corrected chi connectivity index (χ1v) is 6.39. The van der Waals surface area contributed by atoms with Crippen LogP contribution in [0.2, 0.25) is 0 Å². The van der Waals surface area contributed by atoms with Crippen LogP contribution in [0.4, 0.5) is 0 Å². The van der Waals surface area contributed by atoms with Crippen molar-refractivity contribution < 1.29 is 4.79 Å². The molecule has 3 rings (SSSR count). The van der Waals surface area contributed by atoms with Crippen LogP contribution in [0.3, 0.4) is 0 Å². The third-order valence-corrected chi connectivity index (χ3v) is 3.48.